The van der Waals surface area contributed by atoms with Gasteiger partial charge in [0.15, 0.2) is 0 Å². The van der Waals surface area contributed by atoms with Gasteiger partial charge in [0, 0.05) is 5.71 Å². The van der Waals surface area contributed by atoms with E-state index in [4.69, 9.17) is 5.73 Å². The zero-order valence-electron chi connectivity index (χ0n) is 10.3. The summed E-state index contributed by atoms with van der Waals surface area (Å²) < 4.78 is 0. The van der Waals surface area contributed by atoms with Gasteiger partial charge in [0.1, 0.15) is 0 Å². The molecule has 4 heteroatoms. The Morgan fingerprint density at radius 2 is 2.31 bits per heavy atom. The highest BCUT2D eigenvalue weighted by Crippen LogP contribution is 2.26. The smallest absolute Gasteiger partial charge is 0.332 e. The molecule has 3 N–H and O–H groups in total. The van der Waals surface area contributed by atoms with E-state index in [-0.39, 0.29) is 0 Å². The predicted molar refractivity (Wildman–Crippen MR) is 66.2 cm³/mol. The van der Waals surface area contributed by atoms with Gasteiger partial charge in [-0.3, -0.25) is 0 Å². The molecule has 1 unspecified atom stereocenters. The Bertz CT molecular complexity index is 261. The van der Waals surface area contributed by atoms with Crippen LogP contribution in [0, 0.1) is 11.8 Å². The van der Waals surface area contributed by atoms with Gasteiger partial charge in [0.25, 0.3) is 0 Å². The Labute approximate surface area is 97.7 Å². The van der Waals surface area contributed by atoms with Gasteiger partial charge in [-0.25, -0.2) is 10.2 Å². The number of carbonyl (C=O) groups excluding carboxylic acids is 1. The van der Waals surface area contributed by atoms with Gasteiger partial charge < -0.3 is 5.73 Å². The minimum atomic E-state index is -0.569. The van der Waals surface area contributed by atoms with E-state index < -0.39 is 6.03 Å². The molecule has 1 aliphatic carbocycles. The molecule has 0 bridgehead atoms. The third-order valence-electron chi connectivity index (χ3n) is 3.11. The molecule has 0 aromatic heterocycles. The highest BCUT2D eigenvalue weighted by atomic mass is 16.2. The minimum absolute atomic E-state index is 0.544. The number of carbonyl (C=O) groups is 1. The summed E-state index contributed by atoms with van der Waals surface area (Å²) >= 11 is 0. The van der Waals surface area contributed by atoms with E-state index in [0.717, 1.165) is 18.1 Å². The first-order chi connectivity index (χ1) is 7.59. The molecule has 16 heavy (non-hydrogen) atoms. The lowest BCUT2D eigenvalue weighted by molar-refractivity contribution is 0.249. The van der Waals surface area contributed by atoms with Crippen molar-refractivity contribution >= 4 is 11.7 Å². The Morgan fingerprint density at radius 3 is 2.94 bits per heavy atom. The molecule has 0 spiro atoms. The van der Waals surface area contributed by atoms with Crippen molar-refractivity contribution < 1.29 is 4.79 Å². The highest BCUT2D eigenvalue weighted by Gasteiger charge is 2.20. The zero-order valence-corrected chi connectivity index (χ0v) is 10.3. The molecule has 1 saturated carbocycles. The Morgan fingerprint density at radius 1 is 1.56 bits per heavy atom. The predicted octanol–water partition coefficient (Wildman–Crippen LogP) is 2.64. The van der Waals surface area contributed by atoms with E-state index in [1.165, 1.54) is 32.1 Å². The average molecular weight is 225 g/mol. The second-order valence-electron chi connectivity index (χ2n) is 4.99. The van der Waals surface area contributed by atoms with Crippen molar-refractivity contribution in [2.75, 3.05) is 0 Å². The normalized spacial score (nSPS) is 23.7. The Balaban J connectivity index is 2.49. The first-order valence-electron chi connectivity index (χ1n) is 6.21. The molecule has 0 aromatic carbocycles. The first kappa shape index (κ1) is 13.0. The second kappa shape index (κ2) is 6.51. The summed E-state index contributed by atoms with van der Waals surface area (Å²) in [6, 6.07) is -0.569. The fourth-order valence-electron chi connectivity index (χ4n) is 2.19. The number of primary amides is 1. The number of nitrogens with zero attached hydrogens (tertiary/aromatic N) is 1. The third-order valence-corrected chi connectivity index (χ3v) is 3.11. The molecule has 92 valence electrons. The molecule has 0 heterocycles. The minimum Gasteiger partial charge on any atom is -0.350 e. The maximum absolute atomic E-state index is 10.6. The summed E-state index contributed by atoms with van der Waals surface area (Å²) in [4.78, 5) is 10.6. The number of hydrazone groups is 1. The van der Waals surface area contributed by atoms with E-state index in [0.29, 0.717) is 5.92 Å². The van der Waals surface area contributed by atoms with Crippen molar-refractivity contribution in [2.45, 2.75) is 52.4 Å². The molecule has 1 rings (SSSR count). The largest absolute Gasteiger partial charge is 0.350 e. The molecule has 0 aliphatic heterocycles. The number of amides is 2. The maximum atomic E-state index is 10.6. The van der Waals surface area contributed by atoms with Crippen LogP contribution in [0.15, 0.2) is 5.10 Å². The van der Waals surface area contributed by atoms with Gasteiger partial charge in [-0.2, -0.15) is 5.10 Å². The van der Waals surface area contributed by atoms with Crippen molar-refractivity contribution in [2.24, 2.45) is 22.7 Å². The van der Waals surface area contributed by atoms with E-state index in [2.05, 4.69) is 24.4 Å². The molecule has 1 fully saturated rings. The van der Waals surface area contributed by atoms with Crippen LogP contribution in [0.1, 0.15) is 52.4 Å². The lowest BCUT2D eigenvalue weighted by Gasteiger charge is -2.24. The highest BCUT2D eigenvalue weighted by molar-refractivity contribution is 5.88. The summed E-state index contributed by atoms with van der Waals surface area (Å²) in [5.74, 6) is 1.27. The molecule has 0 radical (unpaired) electrons. The first-order valence-corrected chi connectivity index (χ1v) is 6.21. The van der Waals surface area contributed by atoms with Crippen LogP contribution in [0.3, 0.4) is 0 Å². The number of hydrogen-bond donors (Lipinski definition) is 2. The molecule has 1 atom stereocenters. The molecular weight excluding hydrogens is 202 g/mol. The SMILES string of the molecule is CC(C)CCC1CCCCC1=NNC(N)=O. The van der Waals surface area contributed by atoms with E-state index in [1.807, 2.05) is 0 Å². The van der Waals surface area contributed by atoms with Crippen LogP contribution in [0.4, 0.5) is 4.79 Å². The average Bonchev–Trinajstić information content (AvgIpc) is 2.24. The lowest BCUT2D eigenvalue weighted by atomic mass is 9.83. The standard InChI is InChI=1S/C12H23N3O/c1-9(2)7-8-10-5-3-4-6-11(10)14-15-12(13)16/h9-10H,3-8H2,1-2H3,(H3,13,15,16). The van der Waals surface area contributed by atoms with Gasteiger partial charge in [-0.1, -0.05) is 26.7 Å². The van der Waals surface area contributed by atoms with Crippen LogP contribution in [-0.4, -0.2) is 11.7 Å². The van der Waals surface area contributed by atoms with Crippen LogP contribution in [0.2, 0.25) is 0 Å². The molecule has 2 amide bonds. The number of nitrogens with one attached hydrogen (secondary N) is 1. The van der Waals surface area contributed by atoms with E-state index >= 15 is 0 Å². The van der Waals surface area contributed by atoms with Crippen LogP contribution in [0.25, 0.3) is 0 Å². The summed E-state index contributed by atoms with van der Waals surface area (Å²) in [6.45, 7) is 4.47. The maximum Gasteiger partial charge on any atom is 0.332 e. The number of hydrogen-bond acceptors (Lipinski definition) is 2. The topological polar surface area (TPSA) is 67.5 Å². The monoisotopic (exact) mass is 225 g/mol. The van der Waals surface area contributed by atoms with Crippen molar-refractivity contribution in [3.8, 4) is 0 Å². The molecule has 4 nitrogen and oxygen atoms in total. The molecule has 0 aromatic rings. The molecular formula is C12H23N3O. The summed E-state index contributed by atoms with van der Waals surface area (Å²) in [5, 5.41) is 4.13. The van der Waals surface area contributed by atoms with Crippen LogP contribution in [-0.2, 0) is 0 Å². The molecule has 0 saturated heterocycles. The van der Waals surface area contributed by atoms with Gasteiger partial charge in [-0.05, 0) is 37.5 Å². The summed E-state index contributed by atoms with van der Waals surface area (Å²) in [5.41, 5.74) is 8.51. The van der Waals surface area contributed by atoms with Crippen molar-refractivity contribution in [1.29, 1.82) is 0 Å². The molecule has 1 aliphatic rings. The van der Waals surface area contributed by atoms with Crippen molar-refractivity contribution in [3.63, 3.8) is 0 Å². The lowest BCUT2D eigenvalue weighted by Crippen LogP contribution is -2.29. The second-order valence-corrected chi connectivity index (χ2v) is 4.99. The zero-order chi connectivity index (χ0) is 12.0. The quantitative estimate of drug-likeness (QED) is 0.709. The van der Waals surface area contributed by atoms with E-state index in [1.54, 1.807) is 0 Å². The van der Waals surface area contributed by atoms with Gasteiger partial charge >= 0.3 is 6.03 Å². The summed E-state index contributed by atoms with van der Waals surface area (Å²) in [6.07, 6.45) is 7.06. The fourth-order valence-corrected chi connectivity index (χ4v) is 2.19. The van der Waals surface area contributed by atoms with E-state index in [9.17, 15) is 4.79 Å². The number of nitrogens with two attached hydrogens (primary N) is 1. The Hall–Kier alpha value is -1.06. The van der Waals surface area contributed by atoms with Crippen LogP contribution < -0.4 is 11.2 Å². The van der Waals surface area contributed by atoms with Gasteiger partial charge in [0.2, 0.25) is 0 Å². The van der Waals surface area contributed by atoms with Gasteiger partial charge in [-0.15, -0.1) is 0 Å². The number of rotatable bonds is 4. The van der Waals surface area contributed by atoms with Crippen molar-refractivity contribution in [3.05, 3.63) is 0 Å². The van der Waals surface area contributed by atoms with Crippen LogP contribution >= 0.6 is 0 Å². The van der Waals surface area contributed by atoms with Gasteiger partial charge in [0.05, 0.1) is 0 Å². The van der Waals surface area contributed by atoms with Crippen LogP contribution in [0.5, 0.6) is 0 Å². The summed E-state index contributed by atoms with van der Waals surface area (Å²) in [7, 11) is 0. The number of urea groups is 1. The Kier molecular flexibility index (Phi) is 5.29. The fraction of sp³-hybridized carbons (Fsp3) is 0.833. The third kappa shape index (κ3) is 4.64. The van der Waals surface area contributed by atoms with Crippen molar-refractivity contribution in [1.82, 2.24) is 5.43 Å².